The van der Waals surface area contributed by atoms with E-state index < -0.39 is 11.9 Å². The molecule has 0 spiro atoms. The number of nitrogens with zero attached hydrogens (tertiary/aromatic N) is 1. The zero-order valence-corrected chi connectivity index (χ0v) is 20.6. The van der Waals surface area contributed by atoms with Gasteiger partial charge in [-0.1, -0.05) is 51.6 Å². The van der Waals surface area contributed by atoms with Crippen LogP contribution in [0.1, 0.15) is 24.8 Å². The topological polar surface area (TPSA) is 60.3 Å². The number of alkyl halides is 3. The summed E-state index contributed by atoms with van der Waals surface area (Å²) in [5.74, 6) is 1.20. The Bertz CT molecular complexity index is 972. The van der Waals surface area contributed by atoms with E-state index >= 15 is 0 Å². The molecule has 5 nitrogen and oxygen atoms in total. The van der Waals surface area contributed by atoms with E-state index in [1.54, 1.807) is 12.1 Å². The third-order valence-electron chi connectivity index (χ3n) is 4.26. The molecule has 186 valence electrons. The molecule has 2 aromatic carbocycles. The Morgan fingerprint density at radius 1 is 0.882 bits per heavy atom. The molecule has 0 aromatic heterocycles. The highest BCUT2D eigenvalue weighted by Crippen LogP contribution is 2.37. The van der Waals surface area contributed by atoms with Crippen LogP contribution in [0.15, 0.2) is 52.1 Å². The molecule has 0 fully saturated rings. The number of rotatable bonds is 12. The van der Waals surface area contributed by atoms with Crippen LogP contribution in [-0.2, 0) is 0 Å². The quantitative estimate of drug-likeness (QED) is 0.123. The number of unbranched alkanes of at least 4 members (excludes halogenated alkanes) is 2. The van der Waals surface area contributed by atoms with E-state index in [0.29, 0.717) is 53.3 Å². The molecule has 2 aromatic rings. The largest absolute Gasteiger partial charge is 0.494 e. The summed E-state index contributed by atoms with van der Waals surface area (Å²) in [5, 5.41) is 11.5. The van der Waals surface area contributed by atoms with Gasteiger partial charge >= 0.3 is 6.18 Å². The second-order valence-corrected chi connectivity index (χ2v) is 8.57. The molecule has 0 saturated heterocycles. The Kier molecular flexibility index (Phi) is 11.4. The highest BCUT2D eigenvalue weighted by atomic mass is 35.5. The van der Waals surface area contributed by atoms with Gasteiger partial charge in [0.1, 0.15) is 22.6 Å². The van der Waals surface area contributed by atoms with Crippen molar-refractivity contribution in [2.75, 3.05) is 19.8 Å². The number of hydrogen-bond donors (Lipinski definition) is 1. The predicted molar refractivity (Wildman–Crippen MR) is 127 cm³/mol. The molecule has 0 heterocycles. The van der Waals surface area contributed by atoms with Crippen LogP contribution in [0.25, 0.3) is 0 Å². The molecule has 12 heteroatoms. The molecule has 0 aliphatic rings. The molecule has 2 rings (SSSR count). The van der Waals surface area contributed by atoms with Gasteiger partial charge in [-0.15, -0.1) is 0 Å². The fraction of sp³-hybridized carbons (Fsp3) is 0.318. The maximum atomic E-state index is 12.7. The second kappa shape index (κ2) is 13.8. The van der Waals surface area contributed by atoms with Crippen LogP contribution < -0.4 is 14.2 Å². The average Bonchev–Trinajstić information content (AvgIpc) is 2.75. The van der Waals surface area contributed by atoms with Crippen molar-refractivity contribution in [2.45, 2.75) is 25.4 Å². The maximum absolute atomic E-state index is 12.7. The van der Waals surface area contributed by atoms with Crippen LogP contribution in [0.5, 0.6) is 17.2 Å². The summed E-state index contributed by atoms with van der Waals surface area (Å²) >= 11 is 23.5. The third-order valence-corrected chi connectivity index (χ3v) is 5.13. The van der Waals surface area contributed by atoms with E-state index in [1.807, 2.05) is 0 Å². The zero-order chi connectivity index (χ0) is 25.1. The van der Waals surface area contributed by atoms with Crippen molar-refractivity contribution in [1.82, 2.24) is 0 Å². The lowest BCUT2D eigenvalue weighted by molar-refractivity contribution is -0.0601. The molecule has 0 unspecified atom stereocenters. The summed E-state index contributed by atoms with van der Waals surface area (Å²) in [4.78, 5) is 0. The van der Waals surface area contributed by atoms with Gasteiger partial charge in [0.25, 0.3) is 0 Å². The Morgan fingerprint density at radius 3 is 2.00 bits per heavy atom. The van der Waals surface area contributed by atoms with E-state index in [-0.39, 0.29) is 16.7 Å². The first-order chi connectivity index (χ1) is 16.1. The van der Waals surface area contributed by atoms with Crippen molar-refractivity contribution in [1.29, 1.82) is 0 Å². The van der Waals surface area contributed by atoms with Crippen molar-refractivity contribution < 1.29 is 32.6 Å². The van der Waals surface area contributed by atoms with Gasteiger partial charge in [-0.3, -0.25) is 0 Å². The van der Waals surface area contributed by atoms with E-state index in [0.717, 1.165) is 6.42 Å². The third kappa shape index (κ3) is 9.33. The van der Waals surface area contributed by atoms with E-state index in [9.17, 15) is 13.2 Å². The lowest BCUT2D eigenvalue weighted by Gasteiger charge is -2.12. The lowest BCUT2D eigenvalue weighted by Crippen LogP contribution is -2.23. The second-order valence-electron chi connectivity index (χ2n) is 6.75. The fourth-order valence-electron chi connectivity index (χ4n) is 2.69. The Morgan fingerprint density at radius 2 is 1.47 bits per heavy atom. The van der Waals surface area contributed by atoms with Crippen molar-refractivity contribution in [3.8, 4) is 17.2 Å². The first kappa shape index (κ1) is 28.2. The Balaban J connectivity index is 1.71. The van der Waals surface area contributed by atoms with Crippen LogP contribution in [0.3, 0.4) is 0 Å². The summed E-state index contributed by atoms with van der Waals surface area (Å²) in [6, 6.07) is 8.27. The minimum atomic E-state index is -4.75. The molecule has 0 aliphatic heterocycles. The molecule has 0 aliphatic carbocycles. The highest BCUT2D eigenvalue weighted by Gasteiger charge is 2.37. The average molecular weight is 561 g/mol. The van der Waals surface area contributed by atoms with Crippen molar-refractivity contribution in [3.05, 3.63) is 62.6 Å². The van der Waals surface area contributed by atoms with Gasteiger partial charge in [0.2, 0.25) is 0 Å². The lowest BCUT2D eigenvalue weighted by atomic mass is 10.1. The van der Waals surface area contributed by atoms with Gasteiger partial charge < -0.3 is 19.4 Å². The number of ether oxygens (including phenoxy) is 3. The van der Waals surface area contributed by atoms with Crippen molar-refractivity contribution in [3.63, 3.8) is 0 Å². The van der Waals surface area contributed by atoms with Gasteiger partial charge in [-0.25, -0.2) is 0 Å². The van der Waals surface area contributed by atoms with Crippen LogP contribution in [-0.4, -0.2) is 36.9 Å². The summed E-state index contributed by atoms with van der Waals surface area (Å²) < 4.78 is 54.9. The van der Waals surface area contributed by atoms with E-state index in [2.05, 4.69) is 5.16 Å². The van der Waals surface area contributed by atoms with Crippen LogP contribution >= 0.6 is 46.4 Å². The summed E-state index contributed by atoms with van der Waals surface area (Å²) in [7, 11) is 0. The first-order valence-electron chi connectivity index (χ1n) is 9.90. The zero-order valence-electron chi connectivity index (χ0n) is 17.5. The number of halogens is 7. The number of benzene rings is 2. The molecule has 0 amide bonds. The molecule has 34 heavy (non-hydrogen) atoms. The molecule has 0 bridgehead atoms. The number of hydrogen-bond acceptors (Lipinski definition) is 5. The molecule has 0 saturated carbocycles. The van der Waals surface area contributed by atoms with Crippen molar-refractivity contribution >= 4 is 52.1 Å². The van der Waals surface area contributed by atoms with E-state index in [1.165, 1.54) is 30.3 Å². The minimum Gasteiger partial charge on any atom is -0.494 e. The first-order valence-corrected chi connectivity index (χ1v) is 11.4. The predicted octanol–water partition coefficient (Wildman–Crippen LogP) is 8.06. The minimum absolute atomic E-state index is 0.0907. The summed E-state index contributed by atoms with van der Waals surface area (Å²) in [6.45, 7) is 0.903. The molecular formula is C22H20Cl4F3NO4. The van der Waals surface area contributed by atoms with Crippen LogP contribution in [0.2, 0.25) is 10.0 Å². The fourth-order valence-corrected chi connectivity index (χ4v) is 3.39. The molecule has 1 N–H and O–H groups in total. The standard InChI is InChI=1S/C22H20Cl4F3NO4/c23-17-12-16(33-11-8-19(25)26)13-18(24)20(17)34-10-3-1-2-9-32-15-6-4-14(5-7-15)21(30-31)22(27,28)29/h4-8,12-13,31H,1-3,9-11H2. The highest BCUT2D eigenvalue weighted by molar-refractivity contribution is 6.55. The van der Waals surface area contributed by atoms with Gasteiger partial charge in [-0.05, 0) is 49.6 Å². The van der Waals surface area contributed by atoms with Gasteiger partial charge in [0.15, 0.2) is 11.5 Å². The Hall–Kier alpha value is -2.00. The van der Waals surface area contributed by atoms with Crippen LogP contribution in [0.4, 0.5) is 13.2 Å². The normalized spacial score (nSPS) is 11.8. The SMILES string of the molecule is ON=C(c1ccc(OCCCCCOc2c(Cl)cc(OCC=C(Cl)Cl)cc2Cl)cc1)C(F)(F)F. The van der Waals surface area contributed by atoms with Gasteiger partial charge in [0, 0.05) is 17.7 Å². The van der Waals surface area contributed by atoms with Gasteiger partial charge in [0.05, 0.1) is 23.3 Å². The Labute approximate surface area is 214 Å². The van der Waals surface area contributed by atoms with E-state index in [4.69, 9.17) is 65.8 Å². The molecular weight excluding hydrogens is 541 g/mol. The maximum Gasteiger partial charge on any atom is 0.437 e. The van der Waals surface area contributed by atoms with Crippen molar-refractivity contribution in [2.24, 2.45) is 5.16 Å². The summed E-state index contributed by atoms with van der Waals surface area (Å²) in [5.41, 5.74) is -1.62. The smallest absolute Gasteiger partial charge is 0.437 e. The van der Waals surface area contributed by atoms with Gasteiger partial charge in [-0.2, -0.15) is 13.2 Å². The number of oxime groups is 1. The monoisotopic (exact) mass is 559 g/mol. The van der Waals surface area contributed by atoms with Crippen LogP contribution in [0, 0.1) is 0 Å². The summed E-state index contributed by atoms with van der Waals surface area (Å²) in [6.07, 6.45) is -1.10. The molecule has 0 atom stereocenters. The molecule has 0 radical (unpaired) electrons.